The average molecular weight is 422 g/mol. The molecule has 154 valence electrons. The standard InChI is InChI=1S/C21H23N7OS/c1-3-4-14-27-20(16-10-12-18(29-2)13-11-16)23-24-21(27)30-15-19-22-25-26-28(19)17-8-6-5-7-9-17/h5-13H,3-4,14-15H2,1-2H3. The van der Waals surface area contributed by atoms with Gasteiger partial charge >= 0.3 is 0 Å². The van der Waals surface area contributed by atoms with Gasteiger partial charge in [0.2, 0.25) is 0 Å². The van der Waals surface area contributed by atoms with E-state index < -0.39 is 0 Å². The number of hydrogen-bond donors (Lipinski definition) is 0. The van der Waals surface area contributed by atoms with Crippen molar-refractivity contribution in [2.75, 3.05) is 7.11 Å². The summed E-state index contributed by atoms with van der Waals surface area (Å²) in [6.07, 6.45) is 2.15. The molecule has 0 aliphatic rings. The molecular formula is C21H23N7OS. The van der Waals surface area contributed by atoms with Crippen LogP contribution in [0.4, 0.5) is 0 Å². The Labute approximate surface area is 179 Å². The molecule has 0 fully saturated rings. The molecule has 4 rings (SSSR count). The second-order valence-corrected chi connectivity index (χ2v) is 7.61. The fourth-order valence-electron chi connectivity index (χ4n) is 3.06. The van der Waals surface area contributed by atoms with E-state index in [9.17, 15) is 0 Å². The van der Waals surface area contributed by atoms with E-state index in [1.165, 1.54) is 0 Å². The molecular weight excluding hydrogens is 398 g/mol. The minimum atomic E-state index is 0.592. The Morgan fingerprint density at radius 2 is 1.77 bits per heavy atom. The third kappa shape index (κ3) is 4.35. The lowest BCUT2D eigenvalue weighted by Gasteiger charge is -2.10. The van der Waals surface area contributed by atoms with Crippen LogP contribution in [-0.2, 0) is 12.3 Å². The number of hydrogen-bond acceptors (Lipinski definition) is 7. The van der Waals surface area contributed by atoms with Gasteiger partial charge in [0, 0.05) is 12.1 Å². The number of nitrogens with zero attached hydrogens (tertiary/aromatic N) is 7. The van der Waals surface area contributed by atoms with E-state index in [0.717, 1.165) is 53.2 Å². The van der Waals surface area contributed by atoms with Gasteiger partial charge in [0.05, 0.1) is 18.6 Å². The lowest BCUT2D eigenvalue weighted by atomic mass is 10.2. The van der Waals surface area contributed by atoms with Gasteiger partial charge < -0.3 is 9.30 Å². The SMILES string of the molecule is CCCCn1c(SCc2nnnn2-c2ccccc2)nnc1-c1ccc(OC)cc1. The van der Waals surface area contributed by atoms with E-state index in [1.54, 1.807) is 23.6 Å². The highest BCUT2D eigenvalue weighted by atomic mass is 32.2. The van der Waals surface area contributed by atoms with Crippen LogP contribution in [0.5, 0.6) is 5.75 Å². The van der Waals surface area contributed by atoms with Gasteiger partial charge in [-0.3, -0.25) is 0 Å². The third-order valence-corrected chi connectivity index (χ3v) is 5.63. The maximum absolute atomic E-state index is 5.26. The van der Waals surface area contributed by atoms with Crippen molar-refractivity contribution < 1.29 is 4.74 Å². The van der Waals surface area contributed by atoms with Crippen molar-refractivity contribution in [1.82, 2.24) is 35.0 Å². The molecule has 0 saturated heterocycles. The highest BCUT2D eigenvalue weighted by Gasteiger charge is 2.16. The number of para-hydroxylation sites is 1. The van der Waals surface area contributed by atoms with Crippen LogP contribution in [0.3, 0.4) is 0 Å². The quantitative estimate of drug-likeness (QED) is 0.377. The first-order chi connectivity index (χ1) is 14.8. The third-order valence-electron chi connectivity index (χ3n) is 4.67. The lowest BCUT2D eigenvalue weighted by molar-refractivity contribution is 0.415. The minimum absolute atomic E-state index is 0.592. The van der Waals surface area contributed by atoms with Gasteiger partial charge in [-0.15, -0.1) is 15.3 Å². The van der Waals surface area contributed by atoms with E-state index in [4.69, 9.17) is 4.74 Å². The van der Waals surface area contributed by atoms with E-state index in [0.29, 0.717) is 5.75 Å². The van der Waals surface area contributed by atoms with Crippen LogP contribution in [0.15, 0.2) is 59.8 Å². The molecule has 0 spiro atoms. The van der Waals surface area contributed by atoms with Crippen molar-refractivity contribution in [2.45, 2.75) is 37.2 Å². The van der Waals surface area contributed by atoms with Crippen LogP contribution in [0.2, 0.25) is 0 Å². The zero-order valence-corrected chi connectivity index (χ0v) is 17.8. The lowest BCUT2D eigenvalue weighted by Crippen LogP contribution is -2.05. The predicted molar refractivity (Wildman–Crippen MR) is 116 cm³/mol. The first-order valence-corrected chi connectivity index (χ1v) is 10.8. The summed E-state index contributed by atoms with van der Waals surface area (Å²) in [6, 6.07) is 17.8. The maximum Gasteiger partial charge on any atom is 0.191 e. The van der Waals surface area contributed by atoms with Gasteiger partial charge in [-0.05, 0) is 53.2 Å². The van der Waals surface area contributed by atoms with E-state index >= 15 is 0 Å². The topological polar surface area (TPSA) is 83.5 Å². The highest BCUT2D eigenvalue weighted by molar-refractivity contribution is 7.98. The molecule has 9 heteroatoms. The summed E-state index contributed by atoms with van der Waals surface area (Å²) >= 11 is 1.59. The van der Waals surface area contributed by atoms with Crippen molar-refractivity contribution in [1.29, 1.82) is 0 Å². The van der Waals surface area contributed by atoms with Gasteiger partial charge in [0.25, 0.3) is 0 Å². The van der Waals surface area contributed by atoms with E-state index in [2.05, 4.69) is 37.2 Å². The van der Waals surface area contributed by atoms with Crippen LogP contribution >= 0.6 is 11.8 Å². The van der Waals surface area contributed by atoms with E-state index in [1.807, 2.05) is 54.6 Å². The summed E-state index contributed by atoms with van der Waals surface area (Å²) in [5.41, 5.74) is 1.95. The van der Waals surface area contributed by atoms with Crippen LogP contribution in [0.25, 0.3) is 17.1 Å². The average Bonchev–Trinajstić information content (AvgIpc) is 3.43. The zero-order chi connectivity index (χ0) is 20.8. The minimum Gasteiger partial charge on any atom is -0.497 e. The smallest absolute Gasteiger partial charge is 0.191 e. The molecule has 0 radical (unpaired) electrons. The summed E-state index contributed by atoms with van der Waals surface area (Å²) in [6.45, 7) is 3.04. The second-order valence-electron chi connectivity index (χ2n) is 6.67. The van der Waals surface area contributed by atoms with Gasteiger partial charge in [-0.25, -0.2) is 0 Å². The molecule has 0 unspecified atom stereocenters. The van der Waals surface area contributed by atoms with Gasteiger partial charge in [0.15, 0.2) is 16.8 Å². The summed E-state index contributed by atoms with van der Waals surface area (Å²) in [5, 5.41) is 22.0. The Balaban J connectivity index is 1.57. The Morgan fingerprint density at radius 1 is 0.967 bits per heavy atom. The summed E-state index contributed by atoms with van der Waals surface area (Å²) in [4.78, 5) is 0. The molecule has 0 amide bonds. The van der Waals surface area contributed by atoms with Crippen molar-refractivity contribution in [3.8, 4) is 22.8 Å². The summed E-state index contributed by atoms with van der Waals surface area (Å²) in [5.74, 6) is 3.04. The molecule has 30 heavy (non-hydrogen) atoms. The van der Waals surface area contributed by atoms with Crippen molar-refractivity contribution >= 4 is 11.8 Å². The Morgan fingerprint density at radius 3 is 2.50 bits per heavy atom. The molecule has 0 bridgehead atoms. The number of thioether (sulfide) groups is 1. The number of benzene rings is 2. The first-order valence-electron chi connectivity index (χ1n) is 9.83. The zero-order valence-electron chi connectivity index (χ0n) is 17.0. The monoisotopic (exact) mass is 421 g/mol. The molecule has 0 N–H and O–H groups in total. The number of aromatic nitrogens is 7. The normalized spacial score (nSPS) is 11.0. The Bertz CT molecular complexity index is 1080. The van der Waals surface area contributed by atoms with Crippen LogP contribution in [0.1, 0.15) is 25.6 Å². The molecule has 8 nitrogen and oxygen atoms in total. The summed E-state index contributed by atoms with van der Waals surface area (Å²) in [7, 11) is 1.66. The highest BCUT2D eigenvalue weighted by Crippen LogP contribution is 2.28. The van der Waals surface area contributed by atoms with Crippen LogP contribution in [0, 0.1) is 0 Å². The summed E-state index contributed by atoms with van der Waals surface area (Å²) < 4.78 is 9.19. The first kappa shape index (κ1) is 20.1. The van der Waals surface area contributed by atoms with Gasteiger partial charge in [0.1, 0.15) is 5.75 Å². The van der Waals surface area contributed by atoms with Crippen molar-refractivity contribution in [3.05, 3.63) is 60.4 Å². The fourth-order valence-corrected chi connectivity index (χ4v) is 3.93. The molecule has 0 atom stereocenters. The number of ether oxygens (including phenoxy) is 1. The molecule has 0 saturated carbocycles. The molecule has 2 aromatic heterocycles. The van der Waals surface area contributed by atoms with Crippen LogP contribution in [-0.4, -0.2) is 42.1 Å². The van der Waals surface area contributed by atoms with Crippen LogP contribution < -0.4 is 4.74 Å². The number of methoxy groups -OCH3 is 1. The van der Waals surface area contributed by atoms with E-state index in [-0.39, 0.29) is 0 Å². The predicted octanol–water partition coefficient (Wildman–Crippen LogP) is 4.02. The van der Waals surface area contributed by atoms with Crippen molar-refractivity contribution in [3.63, 3.8) is 0 Å². The number of rotatable bonds is 9. The van der Waals surface area contributed by atoms with Gasteiger partial charge in [-0.1, -0.05) is 43.3 Å². The Hall–Kier alpha value is -3.20. The molecule has 0 aliphatic carbocycles. The number of tetrazole rings is 1. The molecule has 2 aromatic carbocycles. The van der Waals surface area contributed by atoms with Crippen molar-refractivity contribution in [2.24, 2.45) is 0 Å². The fraction of sp³-hybridized carbons (Fsp3) is 0.286. The van der Waals surface area contributed by atoms with Gasteiger partial charge in [-0.2, -0.15) is 4.68 Å². The molecule has 0 aliphatic heterocycles. The number of unbranched alkanes of at least 4 members (excludes halogenated alkanes) is 1. The Kier molecular flexibility index (Phi) is 6.38. The molecule has 4 aromatic rings. The second kappa shape index (κ2) is 9.53. The largest absolute Gasteiger partial charge is 0.497 e. The molecule has 2 heterocycles. The maximum atomic E-state index is 5.26.